The van der Waals surface area contributed by atoms with E-state index in [1.807, 2.05) is 11.3 Å². The Hall–Kier alpha value is -7.27. The van der Waals surface area contributed by atoms with Crippen LogP contribution in [-0.4, -0.2) is 14.8 Å². The molecule has 2 aliphatic rings. The van der Waals surface area contributed by atoms with Crippen LogP contribution in [0.4, 0.5) is 5.69 Å². The van der Waals surface area contributed by atoms with Gasteiger partial charge in [0.1, 0.15) is 0 Å². The van der Waals surface area contributed by atoms with Crippen molar-refractivity contribution < 1.29 is 0 Å². The van der Waals surface area contributed by atoms with Gasteiger partial charge >= 0.3 is 0 Å². The van der Waals surface area contributed by atoms with Gasteiger partial charge in [-0.2, -0.15) is 0 Å². The Morgan fingerprint density at radius 2 is 1.11 bits per heavy atom. The minimum absolute atomic E-state index is 0.292. The number of nitrogens with zero attached hydrogens (tertiary/aromatic N) is 3. The van der Waals surface area contributed by atoms with E-state index in [9.17, 15) is 0 Å². The summed E-state index contributed by atoms with van der Waals surface area (Å²) >= 11 is 1.91. The molecule has 0 spiro atoms. The molecule has 13 rings (SSSR count). The second kappa shape index (κ2) is 13.6. The average Bonchev–Trinajstić information content (AvgIpc) is 3.96. The highest BCUT2D eigenvalue weighted by atomic mass is 32.1. The summed E-state index contributed by atoms with van der Waals surface area (Å²) in [7, 11) is 0. The number of fused-ring (bicyclic) bond motifs is 10. The summed E-state index contributed by atoms with van der Waals surface area (Å²) in [4.78, 5) is 5.17. The Morgan fingerprint density at radius 1 is 0.492 bits per heavy atom. The molecule has 1 aliphatic heterocycles. The zero-order valence-electron chi connectivity index (χ0n) is 33.4. The number of benzene rings is 8. The van der Waals surface area contributed by atoms with Crippen molar-refractivity contribution in [1.29, 1.82) is 0 Å². The van der Waals surface area contributed by atoms with Crippen molar-refractivity contribution in [2.75, 3.05) is 0 Å². The van der Waals surface area contributed by atoms with Crippen LogP contribution in [0.3, 0.4) is 0 Å². The molecular weight excluding hydrogens is 759 g/mol. The molecule has 0 radical (unpaired) electrons. The Kier molecular flexibility index (Phi) is 7.73. The normalized spacial score (nSPS) is 14.9. The molecule has 1 atom stereocenters. The first-order chi connectivity index (χ1) is 30.2. The number of allylic oxidation sites excluding steroid dienone is 1. The molecule has 0 saturated heterocycles. The lowest BCUT2D eigenvalue weighted by molar-refractivity contribution is 0.840. The first-order valence-corrected chi connectivity index (χ1v) is 22.2. The van der Waals surface area contributed by atoms with Crippen molar-refractivity contribution in [1.82, 2.24) is 9.13 Å². The van der Waals surface area contributed by atoms with E-state index in [-0.39, 0.29) is 0 Å². The van der Waals surface area contributed by atoms with E-state index in [4.69, 9.17) is 4.99 Å². The van der Waals surface area contributed by atoms with Crippen LogP contribution in [0.1, 0.15) is 46.7 Å². The predicted octanol–water partition coefficient (Wildman–Crippen LogP) is 15.4. The van der Waals surface area contributed by atoms with E-state index < -0.39 is 0 Å². The van der Waals surface area contributed by atoms with Gasteiger partial charge in [0.2, 0.25) is 0 Å². The van der Waals surface area contributed by atoms with Gasteiger partial charge in [-0.15, -0.1) is 11.3 Å². The third-order valence-corrected chi connectivity index (χ3v) is 14.3. The number of hydrogen-bond donors (Lipinski definition) is 0. The quantitative estimate of drug-likeness (QED) is 0.166. The lowest BCUT2D eigenvalue weighted by Crippen LogP contribution is -2.14. The summed E-state index contributed by atoms with van der Waals surface area (Å²) in [6, 6.07) is 67.1. The fourth-order valence-corrected chi connectivity index (χ4v) is 11.4. The van der Waals surface area contributed by atoms with E-state index in [1.54, 1.807) is 0 Å². The lowest BCUT2D eigenvalue weighted by atomic mass is 9.82. The SMILES string of the molecule is C1=Cc2c(n(-c3ccccc3)c3cc4sc5cc6c(cc5c4cc23)c2ccccc2n6-c2ccc(-c3ccc(C4=Nc5ccccc5C(c5ccccc5)C4)cc3)cc2)CC1. The molecule has 0 amide bonds. The van der Waals surface area contributed by atoms with Crippen LogP contribution in [0, 0.1) is 0 Å². The highest BCUT2D eigenvalue weighted by Crippen LogP contribution is 2.45. The maximum absolute atomic E-state index is 5.17. The number of hydrogen-bond acceptors (Lipinski definition) is 2. The van der Waals surface area contributed by atoms with E-state index in [2.05, 4.69) is 203 Å². The van der Waals surface area contributed by atoms with Gasteiger partial charge in [-0.1, -0.05) is 133 Å². The summed E-state index contributed by atoms with van der Waals surface area (Å²) in [5, 5.41) is 6.57. The zero-order chi connectivity index (χ0) is 40.0. The van der Waals surface area contributed by atoms with Gasteiger partial charge in [-0.05, 0) is 101 Å². The third-order valence-electron chi connectivity index (χ3n) is 13.2. The van der Waals surface area contributed by atoms with E-state index in [1.165, 1.54) is 97.6 Å². The monoisotopic (exact) mass is 797 g/mol. The lowest BCUT2D eigenvalue weighted by Gasteiger charge is -2.25. The fourth-order valence-electron chi connectivity index (χ4n) is 10.3. The van der Waals surface area contributed by atoms with Crippen molar-refractivity contribution in [2.45, 2.75) is 25.2 Å². The molecule has 4 heterocycles. The first-order valence-electron chi connectivity index (χ1n) is 21.3. The van der Waals surface area contributed by atoms with Crippen LogP contribution in [0.15, 0.2) is 193 Å². The highest BCUT2D eigenvalue weighted by Gasteiger charge is 2.25. The maximum atomic E-state index is 5.17. The molecule has 0 fully saturated rings. The van der Waals surface area contributed by atoms with Crippen LogP contribution in [0.5, 0.6) is 0 Å². The summed E-state index contributed by atoms with van der Waals surface area (Å²) in [6.07, 6.45) is 7.70. The van der Waals surface area contributed by atoms with Gasteiger partial charge in [0.05, 0.1) is 22.2 Å². The number of aromatic nitrogens is 2. The van der Waals surface area contributed by atoms with Gasteiger partial charge in [0, 0.05) is 77.0 Å². The largest absolute Gasteiger partial charge is 0.313 e. The Bertz CT molecular complexity index is 3580. The second-order valence-corrected chi connectivity index (χ2v) is 17.7. The number of aliphatic imine (C=N–C) groups is 1. The van der Waals surface area contributed by atoms with Crippen LogP contribution in [0.25, 0.3) is 81.5 Å². The number of rotatable bonds is 5. The topological polar surface area (TPSA) is 22.2 Å². The molecule has 4 heteroatoms. The van der Waals surface area contributed by atoms with Gasteiger partial charge < -0.3 is 9.13 Å². The molecule has 1 aliphatic carbocycles. The second-order valence-electron chi connectivity index (χ2n) is 16.6. The summed E-state index contributed by atoms with van der Waals surface area (Å²) in [5.74, 6) is 0.292. The van der Waals surface area contributed by atoms with E-state index >= 15 is 0 Å². The summed E-state index contributed by atoms with van der Waals surface area (Å²) < 4.78 is 7.59. The summed E-state index contributed by atoms with van der Waals surface area (Å²) in [6.45, 7) is 0. The van der Waals surface area contributed by atoms with Crippen molar-refractivity contribution in [3.63, 3.8) is 0 Å². The first kappa shape index (κ1) is 34.6. The molecule has 3 nitrogen and oxygen atoms in total. The van der Waals surface area contributed by atoms with Crippen molar-refractivity contribution in [3.8, 4) is 22.5 Å². The smallest absolute Gasteiger partial charge is 0.0671 e. The molecule has 288 valence electrons. The Balaban J connectivity index is 0.877. The Labute approximate surface area is 357 Å². The van der Waals surface area contributed by atoms with Crippen LogP contribution in [0.2, 0.25) is 0 Å². The van der Waals surface area contributed by atoms with Gasteiger partial charge in [0.15, 0.2) is 0 Å². The van der Waals surface area contributed by atoms with E-state index in [0.717, 1.165) is 36.3 Å². The van der Waals surface area contributed by atoms with Crippen molar-refractivity contribution >= 4 is 81.7 Å². The number of thiophene rings is 1. The fraction of sp³-hybridized carbons (Fsp3) is 0.0702. The standard InChI is InChI=1S/C57H39N3S/c1-3-13-38(14-4-1)45-33-51(58-50-20-10-7-17-42(45)50)39-25-23-36(24-26-39)37-27-29-41(30-28-37)60-53-22-12-9-19-44(53)47-32-49-48-31-46-43-18-8-11-21-52(43)59(40-15-5-2-6-16-40)54(46)34-56(48)61-57(49)35-55(47)60/h1-10,12-20,22-32,34-35,45H,11,21,33H2. The average molecular weight is 798 g/mol. The predicted molar refractivity (Wildman–Crippen MR) is 259 cm³/mol. The van der Waals surface area contributed by atoms with Gasteiger partial charge in [-0.25, -0.2) is 0 Å². The summed E-state index contributed by atoms with van der Waals surface area (Å²) in [5.41, 5.74) is 17.4. The molecule has 3 aromatic heterocycles. The van der Waals surface area contributed by atoms with Crippen molar-refractivity contribution in [3.05, 3.63) is 216 Å². The molecule has 0 N–H and O–H groups in total. The van der Waals surface area contributed by atoms with Crippen LogP contribution in [-0.2, 0) is 6.42 Å². The van der Waals surface area contributed by atoms with Gasteiger partial charge in [-0.3, -0.25) is 4.99 Å². The maximum Gasteiger partial charge on any atom is 0.0671 e. The minimum Gasteiger partial charge on any atom is -0.313 e. The molecule has 1 unspecified atom stereocenters. The van der Waals surface area contributed by atoms with Crippen molar-refractivity contribution in [2.24, 2.45) is 4.99 Å². The molecule has 8 aromatic carbocycles. The van der Waals surface area contributed by atoms with Crippen LogP contribution < -0.4 is 0 Å². The van der Waals surface area contributed by atoms with Gasteiger partial charge in [0.25, 0.3) is 0 Å². The highest BCUT2D eigenvalue weighted by molar-refractivity contribution is 7.26. The third kappa shape index (κ3) is 5.45. The van der Waals surface area contributed by atoms with Crippen LogP contribution >= 0.6 is 11.3 Å². The van der Waals surface area contributed by atoms with E-state index in [0.29, 0.717) is 5.92 Å². The Morgan fingerprint density at radius 3 is 1.90 bits per heavy atom. The molecule has 0 saturated carbocycles. The molecular formula is C57H39N3S. The zero-order valence-corrected chi connectivity index (χ0v) is 34.2. The number of para-hydroxylation sites is 3. The molecule has 0 bridgehead atoms. The molecule has 61 heavy (non-hydrogen) atoms. The minimum atomic E-state index is 0.292. The molecule has 11 aromatic rings.